The van der Waals surface area contributed by atoms with E-state index in [2.05, 4.69) is 28.5 Å². The van der Waals surface area contributed by atoms with Gasteiger partial charge in [-0.05, 0) is 86.6 Å². The predicted molar refractivity (Wildman–Crippen MR) is 165 cm³/mol. The highest BCUT2D eigenvalue weighted by atomic mass is 16.4. The van der Waals surface area contributed by atoms with Gasteiger partial charge in [0.25, 0.3) is 5.91 Å². The fraction of sp³-hybridized carbons (Fsp3) is 0.273. The van der Waals surface area contributed by atoms with Gasteiger partial charge in [0.15, 0.2) is 0 Å². The Kier molecular flexibility index (Phi) is 8.89. The minimum Gasteiger partial charge on any atom is -0.481 e. The first-order chi connectivity index (χ1) is 20.4. The molecule has 1 atom stereocenters. The number of H-pyrrole nitrogens is 1. The number of nitrogens with zero attached hydrogens (tertiary/aromatic N) is 2. The molecular weight excluding hydrogens is 548 g/mol. The molecule has 3 aliphatic rings. The number of carboxylic acids is 2. The summed E-state index contributed by atoms with van der Waals surface area (Å²) in [5.74, 6) is -2.78. The maximum Gasteiger partial charge on any atom is 0.303 e. The molecule has 1 aromatic heterocycles. The van der Waals surface area contributed by atoms with E-state index in [1.807, 2.05) is 32.9 Å². The van der Waals surface area contributed by atoms with Gasteiger partial charge >= 0.3 is 11.9 Å². The lowest BCUT2D eigenvalue weighted by molar-refractivity contribution is -0.137. The van der Waals surface area contributed by atoms with Gasteiger partial charge in [-0.25, -0.2) is 9.98 Å². The summed E-state index contributed by atoms with van der Waals surface area (Å²) in [4.78, 5) is 59.6. The summed E-state index contributed by atoms with van der Waals surface area (Å²) in [6, 6.07) is 0. The number of carbonyl (C=O) groups excluding carboxylic acids is 2. The largest absolute Gasteiger partial charge is 0.481 e. The zero-order chi connectivity index (χ0) is 31.6. The highest BCUT2D eigenvalue weighted by Crippen LogP contribution is 2.30. The Morgan fingerprint density at radius 2 is 1.53 bits per heavy atom. The number of aliphatic imine (C=N–C) groups is 2. The van der Waals surface area contributed by atoms with Crippen molar-refractivity contribution in [3.63, 3.8) is 0 Å². The van der Waals surface area contributed by atoms with Crippen LogP contribution in [0.4, 0.5) is 0 Å². The van der Waals surface area contributed by atoms with Crippen molar-refractivity contribution in [3.05, 3.63) is 92.5 Å². The van der Waals surface area contributed by atoms with Crippen LogP contribution in [0.5, 0.6) is 0 Å². The van der Waals surface area contributed by atoms with Crippen molar-refractivity contribution < 1.29 is 29.4 Å². The first-order valence-electron chi connectivity index (χ1n) is 13.9. The standard InChI is InChI=1S/C33H34N4O6/c1-7-20-16(3)24(14-27-21(8-2)18(5)32(42)36-27)34-26(20)13-25-17(4)22(9-11-30(38)39)28(35-25)15-29-23(10-12-31(40)41)19(6)33(43)37-29/h7-8,13-15,18,35H,1-2,9-12H2,3-6H3,(H,36,42)(H,38,39)(H,40,41)/b24-14-,25-13-,28-15-. The molecule has 10 heteroatoms. The van der Waals surface area contributed by atoms with Gasteiger partial charge in [0.05, 0.1) is 23.0 Å². The lowest BCUT2D eigenvalue weighted by Crippen LogP contribution is -2.19. The van der Waals surface area contributed by atoms with Gasteiger partial charge in [-0.2, -0.15) is 0 Å². The zero-order valence-electron chi connectivity index (χ0n) is 24.6. The third-order valence-electron chi connectivity index (χ3n) is 7.93. The Hall–Kier alpha value is -5.12. The third-order valence-corrected chi connectivity index (χ3v) is 7.93. The number of rotatable bonds is 11. The first-order valence-corrected chi connectivity index (χ1v) is 13.9. The summed E-state index contributed by atoms with van der Waals surface area (Å²) in [7, 11) is 0. The number of allylic oxidation sites excluding steroid dienone is 6. The second-order valence-electron chi connectivity index (χ2n) is 10.6. The Labute approximate surface area is 248 Å². The van der Waals surface area contributed by atoms with E-state index in [9.17, 15) is 29.4 Å². The molecule has 4 rings (SSSR count). The number of hydrogen-bond acceptors (Lipinski definition) is 5. The molecule has 0 radical (unpaired) electrons. The summed E-state index contributed by atoms with van der Waals surface area (Å²) in [6.07, 6.45) is 8.83. The molecule has 0 saturated heterocycles. The molecule has 1 unspecified atom stereocenters. The molecule has 4 N–H and O–H groups in total. The minimum atomic E-state index is -0.984. The van der Waals surface area contributed by atoms with Gasteiger partial charge in [0.2, 0.25) is 5.91 Å². The number of carbonyl (C=O) groups is 4. The monoisotopic (exact) mass is 582 g/mol. The molecule has 0 spiro atoms. The van der Waals surface area contributed by atoms with Crippen molar-refractivity contribution in [1.82, 2.24) is 10.3 Å². The zero-order valence-corrected chi connectivity index (χ0v) is 24.6. The predicted octanol–water partition coefficient (Wildman–Crippen LogP) is 3.11. The van der Waals surface area contributed by atoms with Crippen LogP contribution in [-0.4, -0.2) is 50.4 Å². The third kappa shape index (κ3) is 6.23. The van der Waals surface area contributed by atoms with Crippen molar-refractivity contribution in [2.75, 3.05) is 0 Å². The number of aromatic amines is 1. The number of nitrogens with one attached hydrogen (secondary N) is 2. The van der Waals surface area contributed by atoms with Crippen LogP contribution in [0, 0.1) is 12.8 Å². The molecule has 1 aromatic rings. The van der Waals surface area contributed by atoms with Crippen LogP contribution in [0.25, 0.3) is 12.2 Å². The van der Waals surface area contributed by atoms with Crippen molar-refractivity contribution in [2.24, 2.45) is 15.9 Å². The highest BCUT2D eigenvalue weighted by molar-refractivity contribution is 6.31. The molecule has 0 aliphatic carbocycles. The Morgan fingerprint density at radius 1 is 0.884 bits per heavy atom. The maximum absolute atomic E-state index is 12.4. The van der Waals surface area contributed by atoms with Gasteiger partial charge in [-0.1, -0.05) is 25.3 Å². The molecule has 0 bridgehead atoms. The molecule has 3 aliphatic heterocycles. The number of amides is 2. The van der Waals surface area contributed by atoms with E-state index in [1.165, 1.54) is 0 Å². The van der Waals surface area contributed by atoms with E-state index in [1.54, 1.807) is 25.2 Å². The lowest BCUT2D eigenvalue weighted by Gasteiger charge is -2.03. The Morgan fingerprint density at radius 3 is 2.16 bits per heavy atom. The minimum absolute atomic E-state index is 0.106. The van der Waals surface area contributed by atoms with E-state index >= 15 is 0 Å². The SMILES string of the molecule is C=CC1=C(C)/C(=C/C2=C(C=C)C(C)C(=O)N2)N=C1/C=c1\[nH]/c(=C\C2=NC(=O)C(C)=C2CCC(=O)O)c(CCC(=O)O)c1C. The van der Waals surface area contributed by atoms with Crippen molar-refractivity contribution in [3.8, 4) is 0 Å². The number of aromatic nitrogens is 1. The van der Waals surface area contributed by atoms with Gasteiger partial charge in [-0.3, -0.25) is 19.2 Å². The fourth-order valence-corrected chi connectivity index (χ4v) is 5.37. The highest BCUT2D eigenvalue weighted by Gasteiger charge is 2.28. The number of carboxylic acid groups (broad SMARTS) is 2. The Bertz CT molecular complexity index is 1810. The molecule has 43 heavy (non-hydrogen) atoms. The van der Waals surface area contributed by atoms with Crippen LogP contribution in [0.15, 0.2) is 80.6 Å². The molecule has 2 amide bonds. The summed E-state index contributed by atoms with van der Waals surface area (Å²) >= 11 is 0. The maximum atomic E-state index is 12.4. The summed E-state index contributed by atoms with van der Waals surface area (Å²) in [5, 5.41) is 22.7. The van der Waals surface area contributed by atoms with Crippen LogP contribution in [0.3, 0.4) is 0 Å². The van der Waals surface area contributed by atoms with Crippen LogP contribution in [-0.2, 0) is 25.6 Å². The van der Waals surface area contributed by atoms with Gasteiger partial charge < -0.3 is 20.5 Å². The summed E-state index contributed by atoms with van der Waals surface area (Å²) in [5.41, 5.74) is 7.26. The van der Waals surface area contributed by atoms with Gasteiger partial charge in [0.1, 0.15) is 0 Å². The van der Waals surface area contributed by atoms with E-state index in [4.69, 9.17) is 4.99 Å². The van der Waals surface area contributed by atoms with E-state index in [-0.39, 0.29) is 37.5 Å². The quantitative estimate of drug-likeness (QED) is 0.314. The second-order valence-corrected chi connectivity index (χ2v) is 10.6. The van der Waals surface area contributed by atoms with E-state index in [0.717, 1.165) is 27.8 Å². The first kappa shape index (κ1) is 30.8. The smallest absolute Gasteiger partial charge is 0.303 e. The van der Waals surface area contributed by atoms with Crippen LogP contribution in [0.1, 0.15) is 51.2 Å². The van der Waals surface area contributed by atoms with Crippen LogP contribution in [0.2, 0.25) is 0 Å². The molecule has 222 valence electrons. The normalized spacial score (nSPS) is 20.5. The second kappa shape index (κ2) is 12.4. The van der Waals surface area contributed by atoms with Gasteiger partial charge in [-0.15, -0.1) is 0 Å². The molecule has 0 saturated carbocycles. The topological polar surface area (TPSA) is 161 Å². The molecule has 0 aromatic carbocycles. The van der Waals surface area contributed by atoms with Crippen LogP contribution >= 0.6 is 0 Å². The average Bonchev–Trinajstić information content (AvgIpc) is 3.59. The number of hydrogen-bond donors (Lipinski definition) is 4. The summed E-state index contributed by atoms with van der Waals surface area (Å²) in [6.45, 7) is 15.0. The van der Waals surface area contributed by atoms with Crippen molar-refractivity contribution in [1.29, 1.82) is 0 Å². The summed E-state index contributed by atoms with van der Waals surface area (Å²) < 4.78 is 0. The number of aliphatic carboxylic acids is 2. The molecule has 10 nitrogen and oxygen atoms in total. The average molecular weight is 583 g/mol. The molecule has 0 fully saturated rings. The van der Waals surface area contributed by atoms with Gasteiger partial charge in [0, 0.05) is 40.4 Å². The Balaban J connectivity index is 1.84. The van der Waals surface area contributed by atoms with E-state index in [0.29, 0.717) is 44.7 Å². The molecule has 4 heterocycles. The van der Waals surface area contributed by atoms with Crippen molar-refractivity contribution >= 4 is 47.3 Å². The van der Waals surface area contributed by atoms with Crippen LogP contribution < -0.4 is 16.0 Å². The lowest BCUT2D eigenvalue weighted by atomic mass is 10.00. The fourth-order valence-electron chi connectivity index (χ4n) is 5.37. The molecular formula is C33H34N4O6. The van der Waals surface area contributed by atoms with Crippen molar-refractivity contribution in [2.45, 2.75) is 53.4 Å². The van der Waals surface area contributed by atoms with E-state index < -0.39 is 17.8 Å².